The Balaban J connectivity index is 2.02. The van der Waals surface area contributed by atoms with Gasteiger partial charge in [0, 0.05) is 24.5 Å². The van der Waals surface area contributed by atoms with E-state index in [2.05, 4.69) is 36.3 Å². The first kappa shape index (κ1) is 13.6. The maximum absolute atomic E-state index is 5.17. The van der Waals surface area contributed by atoms with Crippen molar-refractivity contribution in [2.45, 2.75) is 25.9 Å². The SMILES string of the molecule is COc1ccc(C(C)N[C@H](C)c2ccncc2)cc1. The van der Waals surface area contributed by atoms with Crippen LogP contribution in [-0.4, -0.2) is 12.1 Å². The number of nitrogens with zero attached hydrogens (tertiary/aromatic N) is 1. The fraction of sp³-hybridized carbons (Fsp3) is 0.312. The highest BCUT2D eigenvalue weighted by Gasteiger charge is 2.10. The highest BCUT2D eigenvalue weighted by molar-refractivity contribution is 5.29. The third kappa shape index (κ3) is 3.55. The number of hydrogen-bond acceptors (Lipinski definition) is 3. The number of methoxy groups -OCH3 is 1. The summed E-state index contributed by atoms with van der Waals surface area (Å²) in [6.45, 7) is 4.33. The minimum atomic E-state index is 0.286. The van der Waals surface area contributed by atoms with Crippen molar-refractivity contribution in [1.82, 2.24) is 10.3 Å². The Kier molecular flexibility index (Phi) is 4.53. The number of nitrogens with one attached hydrogen (secondary N) is 1. The second kappa shape index (κ2) is 6.34. The zero-order chi connectivity index (χ0) is 13.7. The lowest BCUT2D eigenvalue weighted by atomic mass is 10.1. The number of hydrogen-bond donors (Lipinski definition) is 1. The van der Waals surface area contributed by atoms with E-state index in [-0.39, 0.29) is 6.04 Å². The summed E-state index contributed by atoms with van der Waals surface area (Å²) in [7, 11) is 1.68. The summed E-state index contributed by atoms with van der Waals surface area (Å²) in [5, 5.41) is 3.58. The van der Waals surface area contributed by atoms with Crippen molar-refractivity contribution in [3.8, 4) is 5.75 Å². The summed E-state index contributed by atoms with van der Waals surface area (Å²) < 4.78 is 5.17. The molecular formula is C16H20N2O. The lowest BCUT2D eigenvalue weighted by molar-refractivity contribution is 0.414. The van der Waals surface area contributed by atoms with Gasteiger partial charge in [-0.15, -0.1) is 0 Å². The van der Waals surface area contributed by atoms with Crippen molar-refractivity contribution in [3.05, 3.63) is 59.9 Å². The minimum absolute atomic E-state index is 0.286. The lowest BCUT2D eigenvalue weighted by Crippen LogP contribution is -2.22. The molecule has 1 aromatic carbocycles. The second-order valence-electron chi connectivity index (χ2n) is 4.66. The van der Waals surface area contributed by atoms with E-state index in [0.717, 1.165) is 5.75 Å². The topological polar surface area (TPSA) is 34.1 Å². The largest absolute Gasteiger partial charge is 0.497 e. The Morgan fingerprint density at radius 3 is 1.95 bits per heavy atom. The Morgan fingerprint density at radius 2 is 1.42 bits per heavy atom. The fourth-order valence-corrected chi connectivity index (χ4v) is 2.11. The van der Waals surface area contributed by atoms with Gasteiger partial charge in [-0.05, 0) is 49.2 Å². The first-order valence-electron chi connectivity index (χ1n) is 6.50. The van der Waals surface area contributed by atoms with Crippen LogP contribution in [-0.2, 0) is 0 Å². The number of aromatic nitrogens is 1. The summed E-state index contributed by atoms with van der Waals surface area (Å²) in [5.41, 5.74) is 2.50. The first-order valence-corrected chi connectivity index (χ1v) is 6.50. The molecule has 0 saturated carbocycles. The standard InChI is InChI=1S/C16H20N2O/c1-12(14-4-6-16(19-3)7-5-14)18-13(2)15-8-10-17-11-9-15/h4-13,18H,1-3H3/t12?,13-/m1/s1. The molecule has 0 aliphatic rings. The van der Waals surface area contributed by atoms with Gasteiger partial charge < -0.3 is 10.1 Å². The Bertz CT molecular complexity index is 496. The Hall–Kier alpha value is -1.87. The Morgan fingerprint density at radius 1 is 0.895 bits per heavy atom. The van der Waals surface area contributed by atoms with Crippen LogP contribution in [0.2, 0.25) is 0 Å². The first-order chi connectivity index (χ1) is 9.20. The van der Waals surface area contributed by atoms with E-state index >= 15 is 0 Å². The van der Waals surface area contributed by atoms with E-state index < -0.39 is 0 Å². The zero-order valence-corrected chi connectivity index (χ0v) is 11.6. The molecule has 2 aromatic rings. The second-order valence-corrected chi connectivity index (χ2v) is 4.66. The van der Waals surface area contributed by atoms with Crippen molar-refractivity contribution in [3.63, 3.8) is 0 Å². The van der Waals surface area contributed by atoms with Crippen molar-refractivity contribution in [2.75, 3.05) is 7.11 Å². The van der Waals surface area contributed by atoms with Crippen LogP contribution in [0.3, 0.4) is 0 Å². The van der Waals surface area contributed by atoms with Gasteiger partial charge in [0.1, 0.15) is 5.75 Å². The molecule has 2 atom stereocenters. The van der Waals surface area contributed by atoms with Gasteiger partial charge in [-0.3, -0.25) is 4.98 Å². The number of rotatable bonds is 5. The molecule has 1 N–H and O–H groups in total. The molecule has 2 rings (SSSR count). The average Bonchev–Trinajstić information content (AvgIpc) is 2.48. The molecule has 0 bridgehead atoms. The summed E-state index contributed by atoms with van der Waals surface area (Å²) >= 11 is 0. The van der Waals surface area contributed by atoms with Gasteiger partial charge >= 0.3 is 0 Å². The molecule has 3 nitrogen and oxygen atoms in total. The highest BCUT2D eigenvalue weighted by atomic mass is 16.5. The molecule has 0 fully saturated rings. The Labute approximate surface area is 114 Å². The molecule has 0 aliphatic carbocycles. The molecule has 0 saturated heterocycles. The molecule has 0 amide bonds. The van der Waals surface area contributed by atoms with Gasteiger partial charge in [-0.1, -0.05) is 12.1 Å². The normalized spacial score (nSPS) is 13.8. The van der Waals surface area contributed by atoms with Crippen molar-refractivity contribution in [2.24, 2.45) is 0 Å². The quantitative estimate of drug-likeness (QED) is 0.889. The molecule has 19 heavy (non-hydrogen) atoms. The van der Waals surface area contributed by atoms with Crippen molar-refractivity contribution in [1.29, 1.82) is 0 Å². The van der Waals surface area contributed by atoms with E-state index in [1.54, 1.807) is 7.11 Å². The summed E-state index contributed by atoms with van der Waals surface area (Å²) in [6, 6.07) is 12.8. The van der Waals surface area contributed by atoms with E-state index in [9.17, 15) is 0 Å². The third-order valence-electron chi connectivity index (χ3n) is 3.32. The van der Waals surface area contributed by atoms with Crippen LogP contribution < -0.4 is 10.1 Å². The van der Waals surface area contributed by atoms with Gasteiger partial charge in [0.15, 0.2) is 0 Å². The summed E-state index contributed by atoms with van der Waals surface area (Å²) in [5.74, 6) is 0.887. The third-order valence-corrected chi connectivity index (χ3v) is 3.32. The van der Waals surface area contributed by atoms with E-state index in [0.29, 0.717) is 6.04 Å². The molecule has 0 radical (unpaired) electrons. The number of pyridine rings is 1. The molecule has 1 heterocycles. The smallest absolute Gasteiger partial charge is 0.118 e. The van der Waals surface area contributed by atoms with Gasteiger partial charge in [-0.25, -0.2) is 0 Å². The van der Waals surface area contributed by atoms with Gasteiger partial charge in [-0.2, -0.15) is 0 Å². The van der Waals surface area contributed by atoms with E-state index in [4.69, 9.17) is 4.74 Å². The molecule has 1 aromatic heterocycles. The molecule has 1 unspecified atom stereocenters. The summed E-state index contributed by atoms with van der Waals surface area (Å²) in [4.78, 5) is 4.04. The van der Waals surface area contributed by atoms with E-state index in [1.165, 1.54) is 11.1 Å². The fourth-order valence-electron chi connectivity index (χ4n) is 2.11. The number of benzene rings is 1. The molecule has 0 spiro atoms. The average molecular weight is 256 g/mol. The maximum atomic E-state index is 5.17. The zero-order valence-electron chi connectivity index (χ0n) is 11.6. The molecule has 100 valence electrons. The van der Waals surface area contributed by atoms with E-state index in [1.807, 2.05) is 36.7 Å². The molecular weight excluding hydrogens is 236 g/mol. The minimum Gasteiger partial charge on any atom is -0.497 e. The molecule has 0 aliphatic heterocycles. The van der Waals surface area contributed by atoms with Gasteiger partial charge in [0.2, 0.25) is 0 Å². The van der Waals surface area contributed by atoms with Crippen LogP contribution in [0.4, 0.5) is 0 Å². The maximum Gasteiger partial charge on any atom is 0.118 e. The lowest BCUT2D eigenvalue weighted by Gasteiger charge is -2.20. The van der Waals surface area contributed by atoms with Crippen LogP contribution in [0, 0.1) is 0 Å². The van der Waals surface area contributed by atoms with Crippen LogP contribution in [0.25, 0.3) is 0 Å². The number of ether oxygens (including phenoxy) is 1. The summed E-state index contributed by atoms with van der Waals surface area (Å²) in [6.07, 6.45) is 3.65. The molecule has 3 heteroatoms. The van der Waals surface area contributed by atoms with Crippen LogP contribution in [0.1, 0.15) is 37.1 Å². The van der Waals surface area contributed by atoms with Crippen molar-refractivity contribution >= 4 is 0 Å². The highest BCUT2D eigenvalue weighted by Crippen LogP contribution is 2.21. The van der Waals surface area contributed by atoms with Crippen molar-refractivity contribution < 1.29 is 4.74 Å². The predicted octanol–water partition coefficient (Wildman–Crippen LogP) is 3.50. The predicted molar refractivity (Wildman–Crippen MR) is 77.2 cm³/mol. The van der Waals surface area contributed by atoms with Crippen LogP contribution in [0.15, 0.2) is 48.8 Å². The monoisotopic (exact) mass is 256 g/mol. The van der Waals surface area contributed by atoms with Gasteiger partial charge in [0.05, 0.1) is 7.11 Å². The van der Waals surface area contributed by atoms with Crippen LogP contribution >= 0.6 is 0 Å². The van der Waals surface area contributed by atoms with Crippen LogP contribution in [0.5, 0.6) is 5.75 Å². The van der Waals surface area contributed by atoms with Gasteiger partial charge in [0.25, 0.3) is 0 Å².